The Labute approximate surface area is 230 Å². The minimum absolute atomic E-state index is 0.112. The molecule has 4 rings (SSSR count). The molecule has 2 aromatic carbocycles. The summed E-state index contributed by atoms with van der Waals surface area (Å²) in [5.41, 5.74) is 4.90. The summed E-state index contributed by atoms with van der Waals surface area (Å²) in [6.45, 7) is 6.15. The first-order chi connectivity index (χ1) is 18.8. The number of amides is 1. The predicted molar refractivity (Wildman–Crippen MR) is 150 cm³/mol. The van der Waals surface area contributed by atoms with Gasteiger partial charge in [-0.05, 0) is 78.3 Å². The number of hydrogen-bond donors (Lipinski definition) is 3. The first kappa shape index (κ1) is 27.4. The number of aromatic nitrogens is 3. The Morgan fingerprint density at radius 3 is 2.56 bits per heavy atom. The Balaban J connectivity index is 1.42. The second kappa shape index (κ2) is 12.3. The molecule has 0 radical (unpaired) electrons. The molecule has 0 spiro atoms. The zero-order valence-electron chi connectivity index (χ0n) is 21.9. The van der Waals surface area contributed by atoms with E-state index in [0.29, 0.717) is 41.0 Å². The second-order valence-electron chi connectivity index (χ2n) is 9.14. The van der Waals surface area contributed by atoms with Crippen molar-refractivity contribution in [3.63, 3.8) is 0 Å². The van der Waals surface area contributed by atoms with Crippen LogP contribution in [0.15, 0.2) is 54.7 Å². The monoisotopic (exact) mass is 540 g/mol. The molecule has 0 aliphatic rings. The van der Waals surface area contributed by atoms with Gasteiger partial charge < -0.3 is 15.7 Å². The number of anilines is 1. The van der Waals surface area contributed by atoms with Gasteiger partial charge in [0.1, 0.15) is 16.9 Å². The lowest BCUT2D eigenvalue weighted by Crippen LogP contribution is -2.42. The largest absolute Gasteiger partial charge is 0.480 e. The normalized spacial score (nSPS) is 11.4. The topological polar surface area (TPSA) is 141 Å². The van der Waals surface area contributed by atoms with Crippen LogP contribution in [0.3, 0.4) is 0 Å². The van der Waals surface area contributed by atoms with Crippen LogP contribution in [0.1, 0.15) is 50.1 Å². The van der Waals surface area contributed by atoms with E-state index in [1.54, 1.807) is 25.3 Å². The fourth-order valence-electron chi connectivity index (χ4n) is 4.23. The zero-order chi connectivity index (χ0) is 27.9. The number of carboxylic acid groups (broad SMARTS) is 1. The Kier molecular flexibility index (Phi) is 8.63. The Morgan fingerprint density at radius 1 is 1.13 bits per heavy atom. The van der Waals surface area contributed by atoms with Crippen molar-refractivity contribution in [1.29, 1.82) is 5.26 Å². The lowest BCUT2D eigenvalue weighted by Gasteiger charge is -2.18. The lowest BCUT2D eigenvalue weighted by atomic mass is 9.95. The van der Waals surface area contributed by atoms with Crippen molar-refractivity contribution in [2.45, 2.75) is 46.2 Å². The maximum Gasteiger partial charge on any atom is 0.326 e. The van der Waals surface area contributed by atoms with Gasteiger partial charge in [-0.1, -0.05) is 31.2 Å². The highest BCUT2D eigenvalue weighted by Gasteiger charge is 2.24. The number of nitriles is 1. The summed E-state index contributed by atoms with van der Waals surface area (Å²) in [5.74, 6) is -0.229. The van der Waals surface area contributed by atoms with Gasteiger partial charge in [0.15, 0.2) is 5.82 Å². The minimum Gasteiger partial charge on any atom is -0.480 e. The molecular formula is C29H28N6O3S. The third-order valence-corrected chi connectivity index (χ3v) is 6.92. The standard InChI is InChI=1S/C29H28N6O3S/c1-4-21-13-20(15-30)12-18(3)26(21)28(36)33-23(29(37)38)14-19-5-7-22(8-6-19)27-34-25(39-35-27)16-32-24-11-17(2)9-10-31-24/h5-13,23H,4,14,16H2,1-3H3,(H,31,32)(H,33,36)(H,37,38). The Bertz CT molecular complexity index is 1540. The number of pyridine rings is 1. The summed E-state index contributed by atoms with van der Waals surface area (Å²) < 4.78 is 4.44. The SMILES string of the molecule is CCc1cc(C#N)cc(C)c1C(=O)NC(Cc1ccc(-c2nsc(CNc3cc(C)ccn3)n2)cc1)C(=O)O. The molecule has 0 aliphatic carbocycles. The zero-order valence-corrected chi connectivity index (χ0v) is 22.7. The van der Waals surface area contributed by atoms with Gasteiger partial charge in [-0.2, -0.15) is 9.64 Å². The second-order valence-corrected chi connectivity index (χ2v) is 9.98. The van der Waals surface area contributed by atoms with E-state index in [9.17, 15) is 20.0 Å². The molecule has 39 heavy (non-hydrogen) atoms. The molecule has 3 N–H and O–H groups in total. The van der Waals surface area contributed by atoms with E-state index in [0.717, 1.165) is 27.5 Å². The van der Waals surface area contributed by atoms with Gasteiger partial charge in [-0.15, -0.1) is 0 Å². The maximum absolute atomic E-state index is 13.1. The highest BCUT2D eigenvalue weighted by Crippen LogP contribution is 2.21. The average molecular weight is 541 g/mol. The van der Waals surface area contributed by atoms with Gasteiger partial charge in [-0.3, -0.25) is 4.79 Å². The molecule has 0 aliphatic heterocycles. The molecule has 1 atom stereocenters. The molecule has 0 bridgehead atoms. The number of aliphatic carboxylic acids is 1. The van der Waals surface area contributed by atoms with Crippen LogP contribution in [0.4, 0.5) is 5.82 Å². The molecule has 1 amide bonds. The van der Waals surface area contributed by atoms with E-state index in [4.69, 9.17) is 0 Å². The first-order valence-electron chi connectivity index (χ1n) is 12.4. The third kappa shape index (κ3) is 6.83. The minimum atomic E-state index is -1.13. The lowest BCUT2D eigenvalue weighted by molar-refractivity contribution is -0.139. The van der Waals surface area contributed by atoms with Gasteiger partial charge >= 0.3 is 5.97 Å². The van der Waals surface area contributed by atoms with Crippen LogP contribution < -0.4 is 10.6 Å². The number of benzene rings is 2. The molecule has 2 aromatic heterocycles. The van der Waals surface area contributed by atoms with Crippen molar-refractivity contribution in [2.24, 2.45) is 0 Å². The van der Waals surface area contributed by atoms with E-state index in [1.165, 1.54) is 11.5 Å². The van der Waals surface area contributed by atoms with E-state index < -0.39 is 17.9 Å². The van der Waals surface area contributed by atoms with Crippen molar-refractivity contribution in [2.75, 3.05) is 5.32 Å². The summed E-state index contributed by atoms with van der Waals surface area (Å²) in [5, 5.41) is 25.7. The number of carbonyl (C=O) groups is 2. The van der Waals surface area contributed by atoms with Crippen LogP contribution in [0.5, 0.6) is 0 Å². The maximum atomic E-state index is 13.1. The van der Waals surface area contributed by atoms with Crippen LogP contribution in [-0.2, 0) is 24.2 Å². The number of nitrogens with zero attached hydrogens (tertiary/aromatic N) is 4. The summed E-state index contributed by atoms with van der Waals surface area (Å²) >= 11 is 1.30. The summed E-state index contributed by atoms with van der Waals surface area (Å²) in [6.07, 6.45) is 2.41. The third-order valence-electron chi connectivity index (χ3n) is 6.21. The van der Waals surface area contributed by atoms with E-state index >= 15 is 0 Å². The number of rotatable bonds is 10. The highest BCUT2D eigenvalue weighted by atomic mass is 32.1. The van der Waals surface area contributed by atoms with Crippen LogP contribution in [0.2, 0.25) is 0 Å². The van der Waals surface area contributed by atoms with E-state index in [2.05, 4.69) is 31.0 Å². The number of carboxylic acids is 1. The number of carbonyl (C=O) groups excluding carboxylic acids is 1. The molecule has 0 fully saturated rings. The fourth-order valence-corrected chi connectivity index (χ4v) is 4.83. The highest BCUT2D eigenvalue weighted by molar-refractivity contribution is 7.05. The fraction of sp³-hybridized carbons (Fsp3) is 0.241. The molecule has 0 saturated heterocycles. The van der Waals surface area contributed by atoms with E-state index in [-0.39, 0.29) is 6.42 Å². The van der Waals surface area contributed by atoms with Crippen molar-refractivity contribution < 1.29 is 14.7 Å². The Hall–Kier alpha value is -4.62. The van der Waals surface area contributed by atoms with Gasteiger partial charge in [0.2, 0.25) is 0 Å². The molecule has 9 nitrogen and oxygen atoms in total. The van der Waals surface area contributed by atoms with Crippen LogP contribution >= 0.6 is 11.5 Å². The molecular weight excluding hydrogens is 512 g/mol. The molecule has 1 unspecified atom stereocenters. The molecule has 198 valence electrons. The van der Waals surface area contributed by atoms with Crippen LogP contribution in [0, 0.1) is 25.2 Å². The average Bonchev–Trinajstić information content (AvgIpc) is 3.40. The van der Waals surface area contributed by atoms with Crippen molar-refractivity contribution in [1.82, 2.24) is 19.7 Å². The molecule has 2 heterocycles. The number of nitrogens with one attached hydrogen (secondary N) is 2. The summed E-state index contributed by atoms with van der Waals surface area (Å²) in [4.78, 5) is 33.9. The van der Waals surface area contributed by atoms with Crippen molar-refractivity contribution in [3.05, 3.63) is 93.1 Å². The van der Waals surface area contributed by atoms with Gasteiger partial charge in [0.05, 0.1) is 18.2 Å². The number of aryl methyl sites for hydroxylation is 3. The quantitative estimate of drug-likeness (QED) is 0.263. The van der Waals surface area contributed by atoms with Crippen molar-refractivity contribution >= 4 is 29.2 Å². The van der Waals surface area contributed by atoms with Gasteiger partial charge in [-0.25, -0.2) is 14.8 Å². The first-order valence-corrected chi connectivity index (χ1v) is 13.2. The predicted octanol–water partition coefficient (Wildman–Crippen LogP) is 4.69. The molecule has 10 heteroatoms. The van der Waals surface area contributed by atoms with Crippen molar-refractivity contribution in [3.8, 4) is 17.5 Å². The van der Waals surface area contributed by atoms with E-state index in [1.807, 2.05) is 50.2 Å². The molecule has 0 saturated carbocycles. The summed E-state index contributed by atoms with van der Waals surface area (Å²) in [7, 11) is 0. The number of hydrogen-bond acceptors (Lipinski definition) is 8. The summed E-state index contributed by atoms with van der Waals surface area (Å²) in [6, 6.07) is 15.5. The van der Waals surface area contributed by atoms with Crippen LogP contribution in [0.25, 0.3) is 11.4 Å². The van der Waals surface area contributed by atoms with Gasteiger partial charge in [0.25, 0.3) is 5.91 Å². The van der Waals surface area contributed by atoms with Crippen LogP contribution in [-0.4, -0.2) is 37.4 Å². The Morgan fingerprint density at radius 2 is 1.90 bits per heavy atom. The van der Waals surface area contributed by atoms with Gasteiger partial charge in [0, 0.05) is 23.7 Å². The molecule has 4 aromatic rings. The smallest absolute Gasteiger partial charge is 0.326 e.